The van der Waals surface area contributed by atoms with E-state index in [9.17, 15) is 4.79 Å². The maximum absolute atomic E-state index is 10.7. The van der Waals surface area contributed by atoms with Gasteiger partial charge in [0.1, 0.15) is 0 Å². The van der Waals surface area contributed by atoms with Gasteiger partial charge in [0.25, 0.3) is 0 Å². The van der Waals surface area contributed by atoms with Gasteiger partial charge in [-0.15, -0.1) is 0 Å². The van der Waals surface area contributed by atoms with E-state index in [2.05, 4.69) is 10.6 Å². The summed E-state index contributed by atoms with van der Waals surface area (Å²) in [6.07, 6.45) is 2.25. The van der Waals surface area contributed by atoms with Crippen LogP contribution in [-0.4, -0.2) is 48.0 Å². The molecule has 0 unspecified atom stereocenters. The molecule has 15 heavy (non-hydrogen) atoms. The molecule has 2 aliphatic rings. The van der Waals surface area contributed by atoms with E-state index in [1.165, 1.54) is 0 Å². The molecule has 0 aromatic rings. The van der Waals surface area contributed by atoms with Crippen molar-refractivity contribution in [2.45, 2.75) is 24.8 Å². The van der Waals surface area contributed by atoms with Gasteiger partial charge < -0.3 is 20.8 Å². The molecular formula is C10H18N2O3. The van der Waals surface area contributed by atoms with Crippen LogP contribution in [0.5, 0.6) is 0 Å². The monoisotopic (exact) mass is 214 g/mol. The van der Waals surface area contributed by atoms with E-state index in [1.54, 1.807) is 0 Å². The van der Waals surface area contributed by atoms with Gasteiger partial charge in [0.2, 0.25) is 0 Å². The molecule has 1 aliphatic carbocycles. The van der Waals surface area contributed by atoms with E-state index < -0.39 is 5.97 Å². The number of carboxylic acid groups (broad SMARTS) is 1. The van der Waals surface area contributed by atoms with Crippen LogP contribution in [0.4, 0.5) is 0 Å². The number of rotatable bonds is 6. The van der Waals surface area contributed by atoms with Crippen LogP contribution in [0.2, 0.25) is 0 Å². The summed E-state index contributed by atoms with van der Waals surface area (Å²) in [5, 5.41) is 24.4. The van der Waals surface area contributed by atoms with Gasteiger partial charge in [0, 0.05) is 31.7 Å². The first-order valence-electron chi connectivity index (χ1n) is 5.38. The summed E-state index contributed by atoms with van der Waals surface area (Å²) >= 11 is 0. The van der Waals surface area contributed by atoms with E-state index in [0.717, 1.165) is 19.4 Å². The molecule has 2 rings (SSSR count). The fraction of sp³-hybridized carbons (Fsp3) is 0.900. The number of aliphatic hydroxyl groups is 1. The standard InChI is InChI=1S/C10H18N2O3/c13-7-9(1-2-9)4-12-10(3-8(14)15)5-11-6-10/h11-13H,1-7H2,(H,14,15). The molecule has 5 heteroatoms. The normalized spacial score (nSPS) is 25.7. The van der Waals surface area contributed by atoms with Gasteiger partial charge in [-0.2, -0.15) is 0 Å². The highest BCUT2D eigenvalue weighted by Gasteiger charge is 2.46. The topological polar surface area (TPSA) is 81.6 Å². The zero-order chi connectivity index (χ0) is 10.9. The largest absolute Gasteiger partial charge is 0.481 e. The summed E-state index contributed by atoms with van der Waals surface area (Å²) < 4.78 is 0. The molecule has 0 aromatic carbocycles. The van der Waals surface area contributed by atoms with Crippen LogP contribution in [0.25, 0.3) is 0 Å². The summed E-state index contributed by atoms with van der Waals surface area (Å²) in [6.45, 7) is 2.36. The average Bonchev–Trinajstić information content (AvgIpc) is 2.90. The summed E-state index contributed by atoms with van der Waals surface area (Å²) in [4.78, 5) is 10.7. The van der Waals surface area contributed by atoms with Crippen molar-refractivity contribution in [1.82, 2.24) is 10.6 Å². The number of nitrogens with one attached hydrogen (secondary N) is 2. The van der Waals surface area contributed by atoms with E-state index in [1.807, 2.05) is 0 Å². The number of carbonyl (C=O) groups is 1. The minimum atomic E-state index is -0.766. The predicted molar refractivity (Wildman–Crippen MR) is 54.6 cm³/mol. The molecule has 0 atom stereocenters. The zero-order valence-electron chi connectivity index (χ0n) is 8.75. The van der Waals surface area contributed by atoms with Crippen LogP contribution < -0.4 is 10.6 Å². The summed E-state index contributed by atoms with van der Waals surface area (Å²) in [5.74, 6) is -0.766. The molecule has 2 fully saturated rings. The van der Waals surface area contributed by atoms with Crippen molar-refractivity contribution in [2.24, 2.45) is 5.41 Å². The second-order valence-electron chi connectivity index (χ2n) is 4.97. The van der Waals surface area contributed by atoms with Crippen molar-refractivity contribution in [1.29, 1.82) is 0 Å². The predicted octanol–water partition coefficient (Wildman–Crippen LogP) is -0.835. The zero-order valence-corrected chi connectivity index (χ0v) is 8.75. The first-order chi connectivity index (χ1) is 7.10. The molecule has 5 nitrogen and oxygen atoms in total. The molecule has 1 saturated heterocycles. The average molecular weight is 214 g/mol. The van der Waals surface area contributed by atoms with Gasteiger partial charge in [0.05, 0.1) is 12.0 Å². The molecule has 0 bridgehead atoms. The first-order valence-corrected chi connectivity index (χ1v) is 5.38. The van der Waals surface area contributed by atoms with Crippen molar-refractivity contribution in [2.75, 3.05) is 26.2 Å². The highest BCUT2D eigenvalue weighted by atomic mass is 16.4. The molecule has 0 radical (unpaired) electrons. The lowest BCUT2D eigenvalue weighted by Crippen LogP contribution is -2.69. The minimum absolute atomic E-state index is 0.0428. The number of carboxylic acids is 1. The van der Waals surface area contributed by atoms with Gasteiger partial charge >= 0.3 is 5.97 Å². The second-order valence-corrected chi connectivity index (χ2v) is 4.97. The lowest BCUT2D eigenvalue weighted by Gasteiger charge is -2.43. The Morgan fingerprint density at radius 3 is 2.40 bits per heavy atom. The summed E-state index contributed by atoms with van der Waals surface area (Å²) in [5.41, 5.74) is -0.238. The molecule has 86 valence electrons. The van der Waals surface area contributed by atoms with Gasteiger partial charge in [-0.25, -0.2) is 0 Å². The molecule has 0 aromatic heterocycles. The Balaban J connectivity index is 1.83. The van der Waals surface area contributed by atoms with Crippen molar-refractivity contribution in [3.8, 4) is 0 Å². The van der Waals surface area contributed by atoms with E-state index in [-0.39, 0.29) is 24.0 Å². The Bertz CT molecular complexity index is 259. The Morgan fingerprint density at radius 1 is 1.40 bits per heavy atom. The molecule has 1 heterocycles. The highest BCUT2D eigenvalue weighted by molar-refractivity contribution is 5.68. The van der Waals surface area contributed by atoms with Gasteiger partial charge in [0.15, 0.2) is 0 Å². The second kappa shape index (κ2) is 3.73. The highest BCUT2D eigenvalue weighted by Crippen LogP contribution is 2.44. The Hall–Kier alpha value is -0.650. The van der Waals surface area contributed by atoms with Crippen LogP contribution in [0.1, 0.15) is 19.3 Å². The molecule has 1 saturated carbocycles. The number of aliphatic carboxylic acids is 1. The molecular weight excluding hydrogens is 196 g/mol. The maximum Gasteiger partial charge on any atom is 0.305 e. The third-order valence-corrected chi connectivity index (χ3v) is 3.55. The molecule has 1 aliphatic heterocycles. The quantitative estimate of drug-likeness (QED) is 0.464. The van der Waals surface area contributed by atoms with Crippen LogP contribution in [-0.2, 0) is 4.79 Å². The third kappa shape index (κ3) is 2.30. The van der Waals surface area contributed by atoms with E-state index >= 15 is 0 Å². The Labute approximate surface area is 88.9 Å². The van der Waals surface area contributed by atoms with Crippen molar-refractivity contribution < 1.29 is 15.0 Å². The van der Waals surface area contributed by atoms with Crippen molar-refractivity contribution in [3.05, 3.63) is 0 Å². The Kier molecular flexibility index (Phi) is 2.70. The van der Waals surface area contributed by atoms with Crippen LogP contribution in [0.15, 0.2) is 0 Å². The Morgan fingerprint density at radius 2 is 2.07 bits per heavy atom. The van der Waals surface area contributed by atoms with Crippen molar-refractivity contribution in [3.63, 3.8) is 0 Å². The number of aliphatic hydroxyl groups excluding tert-OH is 1. The summed E-state index contributed by atoms with van der Waals surface area (Å²) in [6, 6.07) is 0. The minimum Gasteiger partial charge on any atom is -0.481 e. The van der Waals surface area contributed by atoms with Gasteiger partial charge in [-0.1, -0.05) is 0 Å². The van der Waals surface area contributed by atoms with Gasteiger partial charge in [-0.3, -0.25) is 4.79 Å². The van der Waals surface area contributed by atoms with Gasteiger partial charge in [-0.05, 0) is 12.8 Å². The SMILES string of the molecule is O=C(O)CC1(NCC2(CO)CC2)CNC1. The molecule has 4 N–H and O–H groups in total. The van der Waals surface area contributed by atoms with Crippen LogP contribution in [0.3, 0.4) is 0 Å². The van der Waals surface area contributed by atoms with Crippen LogP contribution >= 0.6 is 0 Å². The van der Waals surface area contributed by atoms with E-state index in [0.29, 0.717) is 13.1 Å². The lowest BCUT2D eigenvalue weighted by molar-refractivity contribution is -0.139. The maximum atomic E-state index is 10.7. The lowest BCUT2D eigenvalue weighted by atomic mass is 9.87. The smallest absolute Gasteiger partial charge is 0.305 e. The van der Waals surface area contributed by atoms with Crippen LogP contribution in [0, 0.1) is 5.41 Å². The third-order valence-electron chi connectivity index (χ3n) is 3.55. The number of hydrogen-bond donors (Lipinski definition) is 4. The van der Waals surface area contributed by atoms with Crippen molar-refractivity contribution >= 4 is 5.97 Å². The summed E-state index contributed by atoms with van der Waals surface area (Å²) in [7, 11) is 0. The van der Waals surface area contributed by atoms with E-state index in [4.69, 9.17) is 10.2 Å². The molecule has 0 spiro atoms. The fourth-order valence-corrected chi connectivity index (χ4v) is 1.97. The fourth-order valence-electron chi connectivity index (χ4n) is 1.97. The molecule has 0 amide bonds. The first kappa shape index (κ1) is 10.9. The number of hydrogen-bond acceptors (Lipinski definition) is 4.